The lowest BCUT2D eigenvalue weighted by Crippen LogP contribution is -2.62. The maximum atomic E-state index is 5.01. The van der Waals surface area contributed by atoms with Gasteiger partial charge in [0.05, 0.1) is 23.8 Å². The molecule has 3 aromatic rings. The molecule has 2 aliphatic carbocycles. The molecule has 8 heteroatoms. The highest BCUT2D eigenvalue weighted by Gasteiger charge is 2.47. The molecule has 0 aromatic carbocycles. The van der Waals surface area contributed by atoms with Crippen LogP contribution < -0.4 is 10.2 Å². The smallest absolute Gasteiger partial charge is 0.131 e. The number of nitrogens with one attached hydrogen (secondary N) is 1. The third-order valence-electron chi connectivity index (χ3n) is 8.50. The Morgan fingerprint density at radius 3 is 2.69 bits per heavy atom. The number of anilines is 1. The first-order valence-corrected chi connectivity index (χ1v) is 13.7. The van der Waals surface area contributed by atoms with Crippen LogP contribution >= 0.6 is 0 Å². The van der Waals surface area contributed by atoms with Crippen molar-refractivity contribution >= 4 is 5.69 Å². The number of piperidine rings is 1. The first-order valence-electron chi connectivity index (χ1n) is 13.7. The first-order chi connectivity index (χ1) is 17.7. The highest BCUT2D eigenvalue weighted by Crippen LogP contribution is 2.41. The standard InChI is InChI=1S/C28H36N8/c1-34-18-28(19-34,36-17-26(32-33-36)23-11-22(13-29-14-23)21-6-7-21)27-9-8-25(15-31-27)35-10-2-3-24(16-35)30-12-20-4-5-20/h8-9,11,13-15,17,20-21,24,30H,2-7,10,12,16,18-19H2,1H3. The molecule has 2 saturated carbocycles. The Hall–Kier alpha value is -2.84. The molecule has 0 bridgehead atoms. The van der Waals surface area contributed by atoms with Crippen molar-refractivity contribution in [2.45, 2.75) is 56.0 Å². The lowest BCUT2D eigenvalue weighted by Gasteiger charge is -2.47. The first kappa shape index (κ1) is 22.4. The quantitative estimate of drug-likeness (QED) is 0.526. The Kier molecular flexibility index (Phi) is 5.54. The van der Waals surface area contributed by atoms with Crippen molar-refractivity contribution in [3.63, 3.8) is 0 Å². The summed E-state index contributed by atoms with van der Waals surface area (Å²) in [4.78, 5) is 14.3. The van der Waals surface area contributed by atoms with Gasteiger partial charge in [-0.15, -0.1) is 5.10 Å². The SMILES string of the molecule is CN1CC(c2ccc(N3CCCC(NCC4CC4)C3)cn2)(n2cc(-c3cncc(C4CC4)c3)nn2)C1. The molecule has 3 aromatic heterocycles. The molecule has 0 amide bonds. The zero-order valence-corrected chi connectivity index (χ0v) is 21.2. The van der Waals surface area contributed by atoms with E-state index in [2.05, 4.69) is 68.1 Å². The molecule has 5 heterocycles. The Morgan fingerprint density at radius 2 is 1.94 bits per heavy atom. The highest BCUT2D eigenvalue weighted by atomic mass is 15.5. The fourth-order valence-corrected chi connectivity index (χ4v) is 6.00. The molecule has 188 valence electrons. The van der Waals surface area contributed by atoms with Crippen LogP contribution in [0.15, 0.2) is 43.0 Å². The van der Waals surface area contributed by atoms with Crippen LogP contribution in [0.25, 0.3) is 11.3 Å². The molecule has 2 saturated heterocycles. The van der Waals surface area contributed by atoms with Crippen molar-refractivity contribution in [2.75, 3.05) is 44.7 Å². The maximum Gasteiger partial charge on any atom is 0.131 e. The summed E-state index contributed by atoms with van der Waals surface area (Å²) in [5.41, 5.74) is 5.25. The molecule has 1 atom stereocenters. The number of aromatic nitrogens is 5. The van der Waals surface area contributed by atoms with E-state index < -0.39 is 0 Å². The lowest BCUT2D eigenvalue weighted by molar-refractivity contribution is 0.0525. The van der Waals surface area contributed by atoms with Gasteiger partial charge in [0.15, 0.2) is 0 Å². The predicted octanol–water partition coefficient (Wildman–Crippen LogP) is 3.27. The van der Waals surface area contributed by atoms with E-state index in [4.69, 9.17) is 4.98 Å². The number of nitrogens with zero attached hydrogens (tertiary/aromatic N) is 7. The van der Waals surface area contributed by atoms with E-state index >= 15 is 0 Å². The summed E-state index contributed by atoms with van der Waals surface area (Å²) in [7, 11) is 2.15. The number of pyridine rings is 2. The number of rotatable bonds is 8. The summed E-state index contributed by atoms with van der Waals surface area (Å²) < 4.78 is 2.03. The molecule has 4 fully saturated rings. The number of hydrogen-bond donors (Lipinski definition) is 1. The molecular weight excluding hydrogens is 448 g/mol. The largest absolute Gasteiger partial charge is 0.369 e. The molecule has 0 spiro atoms. The fraction of sp³-hybridized carbons (Fsp3) is 0.571. The monoisotopic (exact) mass is 484 g/mol. The van der Waals surface area contributed by atoms with E-state index in [1.807, 2.05) is 17.1 Å². The summed E-state index contributed by atoms with van der Waals surface area (Å²) in [5.74, 6) is 1.60. The molecule has 0 radical (unpaired) electrons. The second kappa shape index (κ2) is 8.92. The van der Waals surface area contributed by atoms with Gasteiger partial charge in [-0.1, -0.05) is 5.21 Å². The van der Waals surface area contributed by atoms with Crippen molar-refractivity contribution in [3.05, 3.63) is 54.2 Å². The van der Waals surface area contributed by atoms with Crippen LogP contribution in [0, 0.1) is 5.92 Å². The lowest BCUT2D eigenvalue weighted by atomic mass is 9.86. The van der Waals surface area contributed by atoms with Gasteiger partial charge in [0.25, 0.3) is 0 Å². The van der Waals surface area contributed by atoms with Crippen LogP contribution in [-0.4, -0.2) is 75.7 Å². The fourth-order valence-electron chi connectivity index (χ4n) is 6.00. The molecule has 36 heavy (non-hydrogen) atoms. The number of likely N-dealkylation sites (tertiary alicyclic amines) is 1. The summed E-state index contributed by atoms with van der Waals surface area (Å²) in [6, 6.07) is 7.29. The molecule has 4 aliphatic rings. The van der Waals surface area contributed by atoms with E-state index in [9.17, 15) is 0 Å². The molecular formula is C28H36N8. The van der Waals surface area contributed by atoms with E-state index in [1.165, 1.54) is 56.3 Å². The summed E-state index contributed by atoms with van der Waals surface area (Å²) in [6.07, 6.45) is 15.9. The summed E-state index contributed by atoms with van der Waals surface area (Å²) >= 11 is 0. The Bertz CT molecular complexity index is 1210. The third-order valence-corrected chi connectivity index (χ3v) is 8.50. The van der Waals surface area contributed by atoms with Gasteiger partial charge < -0.3 is 15.1 Å². The van der Waals surface area contributed by atoms with Crippen molar-refractivity contribution < 1.29 is 0 Å². The normalized spacial score (nSPS) is 24.0. The summed E-state index contributed by atoms with van der Waals surface area (Å²) in [5, 5.41) is 13.0. The zero-order valence-electron chi connectivity index (χ0n) is 21.2. The molecule has 8 nitrogen and oxygen atoms in total. The minimum Gasteiger partial charge on any atom is -0.369 e. The minimum absolute atomic E-state index is 0.281. The van der Waals surface area contributed by atoms with Crippen LogP contribution in [0.4, 0.5) is 5.69 Å². The van der Waals surface area contributed by atoms with Crippen LogP contribution in [0.3, 0.4) is 0 Å². The molecule has 1 N–H and O–H groups in total. The molecule has 1 unspecified atom stereocenters. The van der Waals surface area contributed by atoms with Crippen LogP contribution in [-0.2, 0) is 5.54 Å². The Balaban J connectivity index is 1.10. The van der Waals surface area contributed by atoms with E-state index in [-0.39, 0.29) is 5.54 Å². The minimum atomic E-state index is -0.281. The maximum absolute atomic E-state index is 5.01. The van der Waals surface area contributed by atoms with Crippen molar-refractivity contribution in [1.29, 1.82) is 0 Å². The Morgan fingerprint density at radius 1 is 1.06 bits per heavy atom. The van der Waals surface area contributed by atoms with Crippen LogP contribution in [0.2, 0.25) is 0 Å². The Labute approximate surface area is 213 Å². The van der Waals surface area contributed by atoms with Crippen molar-refractivity contribution in [3.8, 4) is 11.3 Å². The van der Waals surface area contributed by atoms with E-state index in [1.54, 1.807) is 0 Å². The van der Waals surface area contributed by atoms with Gasteiger partial charge in [-0.05, 0) is 87.7 Å². The van der Waals surface area contributed by atoms with Crippen molar-refractivity contribution in [1.82, 2.24) is 35.2 Å². The molecule has 7 rings (SSSR count). The van der Waals surface area contributed by atoms with Gasteiger partial charge in [-0.2, -0.15) is 0 Å². The average Bonchev–Trinajstić information content (AvgIpc) is 3.84. The van der Waals surface area contributed by atoms with Crippen LogP contribution in [0.5, 0.6) is 0 Å². The van der Waals surface area contributed by atoms with E-state index in [0.717, 1.165) is 49.0 Å². The number of hydrogen-bond acceptors (Lipinski definition) is 7. The van der Waals surface area contributed by atoms with Gasteiger partial charge >= 0.3 is 0 Å². The second-order valence-corrected chi connectivity index (χ2v) is 11.6. The van der Waals surface area contributed by atoms with Gasteiger partial charge in [0.2, 0.25) is 0 Å². The van der Waals surface area contributed by atoms with Crippen molar-refractivity contribution in [2.24, 2.45) is 5.92 Å². The number of likely N-dealkylation sites (N-methyl/N-ethyl adjacent to an activating group) is 1. The summed E-state index contributed by atoms with van der Waals surface area (Å²) in [6.45, 7) is 5.12. The highest BCUT2D eigenvalue weighted by molar-refractivity contribution is 5.58. The van der Waals surface area contributed by atoms with E-state index in [0.29, 0.717) is 12.0 Å². The molecule has 2 aliphatic heterocycles. The van der Waals surface area contributed by atoms with Gasteiger partial charge in [-0.3, -0.25) is 9.97 Å². The topological polar surface area (TPSA) is 75.0 Å². The predicted molar refractivity (Wildman–Crippen MR) is 140 cm³/mol. The third kappa shape index (κ3) is 4.30. The van der Waals surface area contributed by atoms with Gasteiger partial charge in [0.1, 0.15) is 11.2 Å². The average molecular weight is 485 g/mol. The second-order valence-electron chi connectivity index (χ2n) is 11.6. The zero-order chi connectivity index (χ0) is 24.1. The van der Waals surface area contributed by atoms with Crippen LogP contribution in [0.1, 0.15) is 55.7 Å². The van der Waals surface area contributed by atoms with Gasteiger partial charge in [-0.25, -0.2) is 4.68 Å². The van der Waals surface area contributed by atoms with Gasteiger partial charge in [0, 0.05) is 50.2 Å².